The number of aromatic nitrogens is 3. The van der Waals surface area contributed by atoms with Gasteiger partial charge in [0, 0.05) is 11.6 Å². The molecule has 0 saturated carbocycles. The van der Waals surface area contributed by atoms with Crippen LogP contribution in [0.4, 0.5) is 0 Å². The van der Waals surface area contributed by atoms with Gasteiger partial charge in [-0.2, -0.15) is 0 Å². The number of hydrogen-bond donors (Lipinski definition) is 1. The van der Waals surface area contributed by atoms with Crippen molar-refractivity contribution in [2.45, 2.75) is 39.5 Å². The van der Waals surface area contributed by atoms with Gasteiger partial charge in [0.2, 0.25) is 0 Å². The van der Waals surface area contributed by atoms with Crippen LogP contribution in [0.1, 0.15) is 36.2 Å². The van der Waals surface area contributed by atoms with Crippen molar-refractivity contribution in [2.75, 3.05) is 0 Å². The van der Waals surface area contributed by atoms with Crippen LogP contribution in [0.5, 0.6) is 5.75 Å². The summed E-state index contributed by atoms with van der Waals surface area (Å²) in [6, 6.07) is 20.9. The van der Waals surface area contributed by atoms with Crippen molar-refractivity contribution in [3.8, 4) is 11.6 Å². The first-order valence-electron chi connectivity index (χ1n) is 12.0. The largest absolute Gasteiger partial charge is 0.489 e. The maximum Gasteiger partial charge on any atom is 0.454 e. The van der Waals surface area contributed by atoms with Gasteiger partial charge in [0.1, 0.15) is 25.1 Å². The molecule has 0 bridgehead atoms. The topological polar surface area (TPSA) is 107 Å². The molecule has 2 aromatic carbocycles. The second kappa shape index (κ2) is 11.9. The summed E-state index contributed by atoms with van der Waals surface area (Å²) in [4.78, 5) is 42.7. The fourth-order valence-corrected chi connectivity index (χ4v) is 3.79. The van der Waals surface area contributed by atoms with E-state index in [0.29, 0.717) is 30.2 Å². The molecule has 0 aliphatic rings. The molecule has 9 heteroatoms. The lowest BCUT2D eigenvalue weighted by atomic mass is 9.99. The molecule has 1 N–H and O–H groups in total. The van der Waals surface area contributed by atoms with Crippen molar-refractivity contribution in [3.05, 3.63) is 107 Å². The average Bonchev–Trinajstić information content (AvgIpc) is 3.27. The molecule has 2 heterocycles. The number of pyridine rings is 1. The summed E-state index contributed by atoms with van der Waals surface area (Å²) in [5.41, 5.74) is 1.44. The number of amides is 1. The normalized spacial score (nSPS) is 11.8. The molecule has 0 spiro atoms. The molecule has 9 nitrogen and oxygen atoms in total. The molecule has 0 radical (unpaired) electrons. The quantitative estimate of drug-likeness (QED) is 0.317. The molecule has 2 aromatic heterocycles. The number of nitrogens with one attached hydrogen (secondary N) is 1. The van der Waals surface area contributed by atoms with E-state index in [2.05, 4.69) is 10.3 Å². The van der Waals surface area contributed by atoms with E-state index in [1.807, 2.05) is 44.2 Å². The zero-order valence-electron chi connectivity index (χ0n) is 20.7. The summed E-state index contributed by atoms with van der Waals surface area (Å²) in [7, 11) is 0. The lowest BCUT2D eigenvalue weighted by Crippen LogP contribution is -2.50. The summed E-state index contributed by atoms with van der Waals surface area (Å²) in [5.74, 6) is -0.204. The average molecular weight is 502 g/mol. The predicted octanol–water partition coefficient (Wildman–Crippen LogP) is 3.11. The van der Waals surface area contributed by atoms with Gasteiger partial charge >= 0.3 is 11.6 Å². The molecular formula is C28H29N4O5+. The molecule has 0 aliphatic heterocycles. The van der Waals surface area contributed by atoms with E-state index in [9.17, 15) is 14.4 Å². The third-order valence-corrected chi connectivity index (χ3v) is 5.68. The highest BCUT2D eigenvalue weighted by Gasteiger charge is 2.27. The Hall–Kier alpha value is -4.53. The van der Waals surface area contributed by atoms with Crippen LogP contribution >= 0.6 is 0 Å². The monoisotopic (exact) mass is 501 g/mol. The van der Waals surface area contributed by atoms with E-state index in [-0.39, 0.29) is 24.2 Å². The third kappa shape index (κ3) is 6.78. The molecule has 0 fully saturated rings. The lowest BCUT2D eigenvalue weighted by molar-refractivity contribution is -0.692. The number of rotatable bonds is 11. The van der Waals surface area contributed by atoms with Gasteiger partial charge in [-0.25, -0.2) is 4.79 Å². The highest BCUT2D eigenvalue weighted by molar-refractivity contribution is 5.98. The summed E-state index contributed by atoms with van der Waals surface area (Å²) in [5, 5.41) is 2.83. The maximum atomic E-state index is 13.3. The molecule has 1 atom stereocenters. The molecule has 4 aromatic rings. The van der Waals surface area contributed by atoms with Gasteiger partial charge < -0.3 is 14.5 Å². The first kappa shape index (κ1) is 25.6. The molecule has 190 valence electrons. The third-order valence-electron chi connectivity index (χ3n) is 5.68. The van der Waals surface area contributed by atoms with E-state index in [0.717, 1.165) is 10.2 Å². The Morgan fingerprint density at radius 3 is 2.43 bits per heavy atom. The van der Waals surface area contributed by atoms with Gasteiger partial charge in [-0.1, -0.05) is 54.9 Å². The Morgan fingerprint density at radius 1 is 1.03 bits per heavy atom. The van der Waals surface area contributed by atoms with E-state index in [4.69, 9.17) is 9.15 Å². The Kier molecular flexibility index (Phi) is 8.25. The van der Waals surface area contributed by atoms with Crippen LogP contribution in [0.25, 0.3) is 5.82 Å². The van der Waals surface area contributed by atoms with Gasteiger partial charge in [-0.05, 0) is 53.2 Å². The molecule has 0 unspecified atom stereocenters. The van der Waals surface area contributed by atoms with Crippen LogP contribution in [0.2, 0.25) is 0 Å². The molecular weight excluding hydrogens is 472 g/mol. The highest BCUT2D eigenvalue weighted by Crippen LogP contribution is 2.15. The number of carbonyl (C=O) groups excluding carboxylic acids is 2. The van der Waals surface area contributed by atoms with Gasteiger partial charge in [0.15, 0.2) is 5.78 Å². The Morgan fingerprint density at radius 2 is 1.76 bits per heavy atom. The maximum absolute atomic E-state index is 13.3. The SMILES string of the molecule is CC(C)C[C@H](NC(=O)c1ccc(OCc2ccccc2)cc1)C(=O)Cn1c(=O)oc[n+]1-c1ccccn1. The smallest absolute Gasteiger partial charge is 0.454 e. The lowest BCUT2D eigenvalue weighted by Gasteiger charge is -2.19. The number of ketones is 1. The van der Waals surface area contributed by atoms with Crippen molar-refractivity contribution >= 4 is 11.7 Å². The zero-order chi connectivity index (χ0) is 26.2. The van der Waals surface area contributed by atoms with Crippen molar-refractivity contribution < 1.29 is 23.4 Å². The van der Waals surface area contributed by atoms with Gasteiger partial charge in [0.25, 0.3) is 12.3 Å². The minimum absolute atomic E-state index is 0.131. The van der Waals surface area contributed by atoms with Crippen LogP contribution in [-0.4, -0.2) is 27.4 Å². The van der Waals surface area contributed by atoms with Crippen LogP contribution in [0.3, 0.4) is 0 Å². The number of hydrogen-bond acceptors (Lipinski definition) is 6. The number of ether oxygens (including phenoxy) is 1. The number of Topliss-reactive ketones (excluding diaryl/α,β-unsaturated/α-hetero) is 1. The van der Waals surface area contributed by atoms with Gasteiger partial charge in [0.05, 0.1) is 6.04 Å². The minimum atomic E-state index is -0.791. The molecule has 0 saturated heterocycles. The predicted molar refractivity (Wildman–Crippen MR) is 135 cm³/mol. The van der Waals surface area contributed by atoms with E-state index in [1.165, 1.54) is 11.1 Å². The second-order valence-electron chi connectivity index (χ2n) is 9.00. The second-order valence-corrected chi connectivity index (χ2v) is 9.00. The Labute approximate surface area is 214 Å². The molecule has 0 aliphatic carbocycles. The number of carbonyl (C=O) groups is 2. The van der Waals surface area contributed by atoms with Crippen molar-refractivity contribution in [2.24, 2.45) is 5.92 Å². The Balaban J connectivity index is 1.43. The minimum Gasteiger partial charge on any atom is -0.489 e. The van der Waals surface area contributed by atoms with E-state index in [1.54, 1.807) is 48.7 Å². The fourth-order valence-electron chi connectivity index (χ4n) is 3.79. The van der Waals surface area contributed by atoms with E-state index < -0.39 is 11.8 Å². The van der Waals surface area contributed by atoms with Crippen LogP contribution < -0.4 is 20.5 Å². The molecule has 37 heavy (non-hydrogen) atoms. The van der Waals surface area contributed by atoms with Crippen molar-refractivity contribution in [1.29, 1.82) is 0 Å². The highest BCUT2D eigenvalue weighted by atomic mass is 16.5. The molecule has 4 rings (SSSR count). The van der Waals surface area contributed by atoms with Crippen LogP contribution in [-0.2, 0) is 17.9 Å². The van der Waals surface area contributed by atoms with Crippen LogP contribution in [0, 0.1) is 5.92 Å². The first-order valence-corrected chi connectivity index (χ1v) is 12.0. The van der Waals surface area contributed by atoms with Gasteiger partial charge in [-0.3, -0.25) is 9.59 Å². The zero-order valence-corrected chi connectivity index (χ0v) is 20.7. The summed E-state index contributed by atoms with van der Waals surface area (Å²) in [6.45, 7) is 4.06. The first-order chi connectivity index (χ1) is 17.9. The molecule has 1 amide bonds. The summed E-state index contributed by atoms with van der Waals surface area (Å²) >= 11 is 0. The fraction of sp³-hybridized carbons (Fsp3) is 0.250. The Bertz CT molecular complexity index is 1380. The van der Waals surface area contributed by atoms with Gasteiger partial charge in [-0.15, -0.1) is 4.68 Å². The van der Waals surface area contributed by atoms with Crippen molar-refractivity contribution in [1.82, 2.24) is 15.0 Å². The summed E-state index contributed by atoms with van der Waals surface area (Å²) < 4.78 is 13.3. The standard InChI is InChI=1S/C28H28N4O5/c1-20(2)16-24(25(33)17-31-28(35)37-19-32(31)26-10-6-7-15-29-26)30-27(34)22-11-13-23(14-12-22)36-18-21-8-4-3-5-9-21/h3-15,19-20,24H,16-18H2,1-2H3/p+1/t24-/m0/s1. The van der Waals surface area contributed by atoms with Crippen LogP contribution in [0.15, 0.2) is 94.6 Å². The summed E-state index contributed by atoms with van der Waals surface area (Å²) in [6.07, 6.45) is 3.19. The van der Waals surface area contributed by atoms with E-state index >= 15 is 0 Å². The number of benzene rings is 2. The van der Waals surface area contributed by atoms with Crippen molar-refractivity contribution in [3.63, 3.8) is 0 Å². The number of nitrogens with zero attached hydrogens (tertiary/aromatic N) is 3.